The summed E-state index contributed by atoms with van der Waals surface area (Å²) in [6.07, 6.45) is 0. The molecular weight excluding hydrogens is 158 g/mol. The van der Waals surface area contributed by atoms with Gasteiger partial charge in [-0.2, -0.15) is 0 Å². The zero-order valence-electron chi connectivity index (χ0n) is 10.4. The van der Waals surface area contributed by atoms with Crippen LogP contribution in [0.2, 0.25) is 0 Å². The first-order valence-electron chi connectivity index (χ1n) is 5.59. The van der Waals surface area contributed by atoms with Crippen molar-refractivity contribution in [1.82, 2.24) is 5.32 Å². The Balaban J connectivity index is 4.31. The standard InChI is InChI=1S/C12H27N/c1-8(2)10(5)12(13-7)11(6)9(3)4/h8-13H,1-7H3/t10-,11?,12?/m1/s1. The van der Waals surface area contributed by atoms with Crippen LogP contribution in [0.1, 0.15) is 41.5 Å². The van der Waals surface area contributed by atoms with E-state index >= 15 is 0 Å². The van der Waals surface area contributed by atoms with Gasteiger partial charge in [0.15, 0.2) is 0 Å². The molecule has 0 aliphatic carbocycles. The zero-order valence-corrected chi connectivity index (χ0v) is 10.4. The Hall–Kier alpha value is -0.0400. The summed E-state index contributed by atoms with van der Waals surface area (Å²) in [6, 6.07) is 0.653. The molecule has 0 rings (SSSR count). The van der Waals surface area contributed by atoms with E-state index in [4.69, 9.17) is 0 Å². The lowest BCUT2D eigenvalue weighted by Crippen LogP contribution is -2.42. The molecule has 1 heteroatoms. The van der Waals surface area contributed by atoms with Crippen LogP contribution >= 0.6 is 0 Å². The third-order valence-corrected chi connectivity index (χ3v) is 3.57. The van der Waals surface area contributed by atoms with E-state index in [-0.39, 0.29) is 0 Å². The molecule has 0 fully saturated rings. The van der Waals surface area contributed by atoms with Gasteiger partial charge in [0.25, 0.3) is 0 Å². The molecule has 1 N–H and O–H groups in total. The van der Waals surface area contributed by atoms with E-state index < -0.39 is 0 Å². The van der Waals surface area contributed by atoms with Crippen molar-refractivity contribution in [1.29, 1.82) is 0 Å². The number of hydrogen-bond acceptors (Lipinski definition) is 1. The van der Waals surface area contributed by atoms with Crippen molar-refractivity contribution in [2.24, 2.45) is 23.7 Å². The summed E-state index contributed by atoms with van der Waals surface area (Å²) in [5.74, 6) is 3.03. The lowest BCUT2D eigenvalue weighted by atomic mass is 9.79. The normalized spacial score (nSPS) is 19.2. The van der Waals surface area contributed by atoms with Gasteiger partial charge in [-0.05, 0) is 30.7 Å². The average Bonchev–Trinajstić information content (AvgIpc) is 2.04. The molecule has 0 saturated heterocycles. The highest BCUT2D eigenvalue weighted by Crippen LogP contribution is 2.24. The zero-order chi connectivity index (χ0) is 10.6. The molecule has 0 bridgehead atoms. The SMILES string of the molecule is CNC(C(C)C(C)C)[C@H](C)C(C)C. The topological polar surface area (TPSA) is 12.0 Å². The van der Waals surface area contributed by atoms with Gasteiger partial charge in [0, 0.05) is 6.04 Å². The second-order valence-electron chi connectivity index (χ2n) is 5.02. The predicted octanol–water partition coefficient (Wildman–Crippen LogP) is 3.16. The maximum Gasteiger partial charge on any atom is 0.0120 e. The van der Waals surface area contributed by atoms with Crippen LogP contribution in [0.15, 0.2) is 0 Å². The van der Waals surface area contributed by atoms with Gasteiger partial charge in [-0.25, -0.2) is 0 Å². The lowest BCUT2D eigenvalue weighted by molar-refractivity contribution is 0.206. The molecule has 0 aromatic heterocycles. The molecule has 80 valence electrons. The summed E-state index contributed by atoms with van der Waals surface area (Å²) in [5.41, 5.74) is 0. The van der Waals surface area contributed by atoms with E-state index in [1.54, 1.807) is 0 Å². The molecule has 2 unspecified atom stereocenters. The second kappa shape index (κ2) is 5.64. The van der Waals surface area contributed by atoms with Gasteiger partial charge >= 0.3 is 0 Å². The van der Waals surface area contributed by atoms with Crippen LogP contribution in [0.25, 0.3) is 0 Å². The van der Waals surface area contributed by atoms with Gasteiger partial charge in [-0.15, -0.1) is 0 Å². The first kappa shape index (κ1) is 13.0. The summed E-state index contributed by atoms with van der Waals surface area (Å²) in [6.45, 7) is 13.9. The first-order valence-corrected chi connectivity index (χ1v) is 5.59. The van der Waals surface area contributed by atoms with Crippen LogP contribution in [0, 0.1) is 23.7 Å². The maximum absolute atomic E-state index is 3.46. The van der Waals surface area contributed by atoms with Crippen LogP contribution in [0.3, 0.4) is 0 Å². The molecule has 0 aliphatic rings. The van der Waals surface area contributed by atoms with Gasteiger partial charge in [0.05, 0.1) is 0 Å². The van der Waals surface area contributed by atoms with Crippen LogP contribution in [0.5, 0.6) is 0 Å². The van der Waals surface area contributed by atoms with E-state index in [1.165, 1.54) is 0 Å². The van der Waals surface area contributed by atoms with Crippen LogP contribution in [-0.2, 0) is 0 Å². The van der Waals surface area contributed by atoms with Gasteiger partial charge in [-0.3, -0.25) is 0 Å². The molecule has 3 atom stereocenters. The van der Waals surface area contributed by atoms with E-state index in [0.29, 0.717) is 6.04 Å². The highest BCUT2D eigenvalue weighted by Gasteiger charge is 2.25. The summed E-state index contributed by atoms with van der Waals surface area (Å²) >= 11 is 0. The Morgan fingerprint density at radius 3 is 1.15 bits per heavy atom. The van der Waals surface area contributed by atoms with Crippen LogP contribution in [-0.4, -0.2) is 13.1 Å². The minimum Gasteiger partial charge on any atom is -0.316 e. The summed E-state index contributed by atoms with van der Waals surface area (Å²) in [4.78, 5) is 0. The van der Waals surface area contributed by atoms with Crippen molar-refractivity contribution in [3.05, 3.63) is 0 Å². The van der Waals surface area contributed by atoms with Gasteiger partial charge in [-0.1, -0.05) is 41.5 Å². The molecule has 0 spiro atoms. The monoisotopic (exact) mass is 185 g/mol. The molecule has 0 saturated carbocycles. The molecule has 1 nitrogen and oxygen atoms in total. The van der Waals surface area contributed by atoms with E-state index in [1.807, 2.05) is 0 Å². The summed E-state index contributed by atoms with van der Waals surface area (Å²) < 4.78 is 0. The van der Waals surface area contributed by atoms with E-state index in [0.717, 1.165) is 23.7 Å². The van der Waals surface area contributed by atoms with Gasteiger partial charge < -0.3 is 5.32 Å². The van der Waals surface area contributed by atoms with Crippen LogP contribution in [0.4, 0.5) is 0 Å². The molecule has 0 amide bonds. The Kier molecular flexibility index (Phi) is 5.62. The Morgan fingerprint density at radius 2 is 1.00 bits per heavy atom. The number of nitrogens with one attached hydrogen (secondary N) is 1. The highest BCUT2D eigenvalue weighted by molar-refractivity contribution is 4.80. The third-order valence-electron chi connectivity index (χ3n) is 3.57. The quantitative estimate of drug-likeness (QED) is 0.694. The Morgan fingerprint density at radius 1 is 0.692 bits per heavy atom. The fraction of sp³-hybridized carbons (Fsp3) is 1.00. The molecule has 0 aromatic carbocycles. The summed E-state index contributed by atoms with van der Waals surface area (Å²) in [7, 11) is 2.09. The van der Waals surface area contributed by atoms with Crippen molar-refractivity contribution in [3.8, 4) is 0 Å². The third kappa shape index (κ3) is 3.68. The van der Waals surface area contributed by atoms with E-state index in [2.05, 4.69) is 53.9 Å². The minimum atomic E-state index is 0.653. The maximum atomic E-state index is 3.46. The minimum absolute atomic E-state index is 0.653. The van der Waals surface area contributed by atoms with Crippen LogP contribution < -0.4 is 5.32 Å². The first-order chi connectivity index (χ1) is 5.91. The van der Waals surface area contributed by atoms with Crippen molar-refractivity contribution in [3.63, 3.8) is 0 Å². The number of hydrogen-bond donors (Lipinski definition) is 1. The van der Waals surface area contributed by atoms with E-state index in [9.17, 15) is 0 Å². The average molecular weight is 185 g/mol. The fourth-order valence-corrected chi connectivity index (χ4v) is 1.83. The fourth-order valence-electron chi connectivity index (χ4n) is 1.83. The largest absolute Gasteiger partial charge is 0.316 e. The number of rotatable bonds is 5. The molecule has 0 heterocycles. The van der Waals surface area contributed by atoms with Crippen molar-refractivity contribution in [2.45, 2.75) is 47.6 Å². The second-order valence-corrected chi connectivity index (χ2v) is 5.02. The molecule has 0 aromatic rings. The molecule has 0 radical (unpaired) electrons. The smallest absolute Gasteiger partial charge is 0.0120 e. The molecular formula is C12H27N. The predicted molar refractivity (Wildman–Crippen MR) is 60.9 cm³/mol. The summed E-state index contributed by atoms with van der Waals surface area (Å²) in [5, 5.41) is 3.46. The van der Waals surface area contributed by atoms with Crippen molar-refractivity contribution >= 4 is 0 Å². The van der Waals surface area contributed by atoms with Crippen molar-refractivity contribution < 1.29 is 0 Å². The molecule has 13 heavy (non-hydrogen) atoms. The Bertz CT molecular complexity index is 115. The lowest BCUT2D eigenvalue weighted by Gasteiger charge is -2.34. The van der Waals surface area contributed by atoms with Gasteiger partial charge in [0.2, 0.25) is 0 Å². The Labute approximate surface area is 84.3 Å². The molecule has 0 aliphatic heterocycles. The van der Waals surface area contributed by atoms with Crippen molar-refractivity contribution in [2.75, 3.05) is 7.05 Å². The highest BCUT2D eigenvalue weighted by atomic mass is 14.9. The van der Waals surface area contributed by atoms with Gasteiger partial charge in [0.1, 0.15) is 0 Å².